The van der Waals surface area contributed by atoms with Gasteiger partial charge in [0, 0.05) is 5.56 Å². The second-order valence-corrected chi connectivity index (χ2v) is 3.60. The van der Waals surface area contributed by atoms with E-state index in [4.69, 9.17) is 10.3 Å². The van der Waals surface area contributed by atoms with Gasteiger partial charge in [0.2, 0.25) is 5.88 Å². The quantitative estimate of drug-likeness (QED) is 0.746. The largest absolute Gasteiger partial charge is 0.367 e. The lowest BCUT2D eigenvalue weighted by Gasteiger charge is -1.94. The Morgan fingerprint density at radius 2 is 2.33 bits per heavy atom. The van der Waals surface area contributed by atoms with Gasteiger partial charge in [0.25, 0.3) is 0 Å². The Morgan fingerprint density at radius 3 is 2.83 bits per heavy atom. The van der Waals surface area contributed by atoms with Crippen LogP contribution in [0.3, 0.4) is 0 Å². The number of nitrogens with two attached hydrogens (primary N) is 1. The fraction of sp³-hybridized carbons (Fsp3) is 0.667. The number of nitrogens with zero attached hydrogens (tertiary/aromatic N) is 1. The highest BCUT2D eigenvalue weighted by molar-refractivity contribution is 5.37. The first-order chi connectivity index (χ1) is 5.77. The zero-order valence-electron chi connectivity index (χ0n) is 7.34. The number of rotatable bonds is 3. The zero-order chi connectivity index (χ0) is 8.55. The summed E-state index contributed by atoms with van der Waals surface area (Å²) in [5, 5.41) is 3.92. The van der Waals surface area contributed by atoms with Gasteiger partial charge in [-0.05, 0) is 25.7 Å². The van der Waals surface area contributed by atoms with E-state index in [0.29, 0.717) is 5.88 Å². The molecule has 0 bridgehead atoms. The van der Waals surface area contributed by atoms with Gasteiger partial charge < -0.3 is 10.3 Å². The molecule has 2 N–H and O–H groups in total. The first-order valence-corrected chi connectivity index (χ1v) is 4.48. The monoisotopic (exact) mass is 166 g/mol. The molecule has 1 aromatic heterocycles. The van der Waals surface area contributed by atoms with Crippen LogP contribution in [0.2, 0.25) is 0 Å². The van der Waals surface area contributed by atoms with Crippen LogP contribution < -0.4 is 5.73 Å². The summed E-state index contributed by atoms with van der Waals surface area (Å²) < 4.78 is 4.88. The smallest absolute Gasteiger partial charge is 0.225 e. The van der Waals surface area contributed by atoms with Crippen molar-refractivity contribution in [3.05, 3.63) is 11.3 Å². The molecular formula is C9H14N2O. The Hall–Kier alpha value is -0.990. The van der Waals surface area contributed by atoms with Crippen LogP contribution >= 0.6 is 0 Å². The van der Waals surface area contributed by atoms with Crippen LogP contribution in [0.1, 0.15) is 30.5 Å². The van der Waals surface area contributed by atoms with Crippen molar-refractivity contribution in [1.82, 2.24) is 5.16 Å². The van der Waals surface area contributed by atoms with Gasteiger partial charge in [0.1, 0.15) is 0 Å². The van der Waals surface area contributed by atoms with E-state index < -0.39 is 0 Å². The van der Waals surface area contributed by atoms with Crippen LogP contribution in [0.15, 0.2) is 4.52 Å². The summed E-state index contributed by atoms with van der Waals surface area (Å²) in [5.74, 6) is 1.42. The van der Waals surface area contributed by atoms with E-state index in [0.717, 1.165) is 23.6 Å². The molecule has 0 aromatic carbocycles. The molecule has 0 atom stereocenters. The minimum absolute atomic E-state index is 0.473. The highest BCUT2D eigenvalue weighted by atomic mass is 16.5. The number of hydrogen-bond donors (Lipinski definition) is 1. The van der Waals surface area contributed by atoms with E-state index >= 15 is 0 Å². The first-order valence-electron chi connectivity index (χ1n) is 4.48. The van der Waals surface area contributed by atoms with E-state index in [1.807, 2.05) is 6.92 Å². The molecule has 3 heteroatoms. The van der Waals surface area contributed by atoms with Gasteiger partial charge in [-0.2, -0.15) is 0 Å². The molecule has 2 rings (SSSR count). The molecule has 1 aliphatic carbocycles. The molecule has 0 aliphatic heterocycles. The molecule has 1 saturated carbocycles. The van der Waals surface area contributed by atoms with Crippen LogP contribution in [-0.2, 0) is 6.42 Å². The van der Waals surface area contributed by atoms with Crippen molar-refractivity contribution >= 4 is 5.88 Å². The van der Waals surface area contributed by atoms with Gasteiger partial charge in [0.05, 0.1) is 5.69 Å². The van der Waals surface area contributed by atoms with Crippen LogP contribution in [0.25, 0.3) is 0 Å². The minimum Gasteiger partial charge on any atom is -0.367 e. The van der Waals surface area contributed by atoms with E-state index in [1.54, 1.807) is 0 Å². The molecule has 1 aromatic rings. The van der Waals surface area contributed by atoms with E-state index in [2.05, 4.69) is 5.16 Å². The molecule has 1 heterocycles. The minimum atomic E-state index is 0.473. The predicted molar refractivity (Wildman–Crippen MR) is 46.7 cm³/mol. The maximum absolute atomic E-state index is 5.53. The van der Waals surface area contributed by atoms with Gasteiger partial charge in [-0.25, -0.2) is 0 Å². The van der Waals surface area contributed by atoms with Crippen molar-refractivity contribution in [2.75, 3.05) is 5.73 Å². The van der Waals surface area contributed by atoms with E-state index in [-0.39, 0.29) is 0 Å². The summed E-state index contributed by atoms with van der Waals surface area (Å²) in [6.07, 6.45) is 5.06. The van der Waals surface area contributed by atoms with Crippen LogP contribution in [0.5, 0.6) is 0 Å². The number of hydrogen-bond acceptors (Lipinski definition) is 3. The molecule has 1 aliphatic rings. The Balaban J connectivity index is 1.96. The van der Waals surface area contributed by atoms with Gasteiger partial charge in [0.15, 0.2) is 0 Å². The molecule has 1 fully saturated rings. The predicted octanol–water partition coefficient (Wildman–Crippen LogP) is 1.91. The molecule has 0 amide bonds. The summed E-state index contributed by atoms with van der Waals surface area (Å²) in [6.45, 7) is 1.97. The molecule has 0 radical (unpaired) electrons. The number of aromatic nitrogens is 1. The van der Waals surface area contributed by atoms with Crippen molar-refractivity contribution in [2.24, 2.45) is 5.92 Å². The second kappa shape index (κ2) is 2.81. The van der Waals surface area contributed by atoms with E-state index in [1.165, 1.54) is 19.3 Å². The molecule has 0 saturated heterocycles. The summed E-state index contributed by atoms with van der Waals surface area (Å²) in [7, 11) is 0. The van der Waals surface area contributed by atoms with E-state index in [9.17, 15) is 0 Å². The Bertz CT molecular complexity index is 276. The molecule has 0 spiro atoms. The second-order valence-electron chi connectivity index (χ2n) is 3.60. The van der Waals surface area contributed by atoms with Crippen molar-refractivity contribution < 1.29 is 4.52 Å². The summed E-state index contributed by atoms with van der Waals surface area (Å²) >= 11 is 0. The third kappa shape index (κ3) is 1.44. The fourth-order valence-electron chi connectivity index (χ4n) is 1.36. The highest BCUT2D eigenvalue weighted by Gasteiger charge is 2.21. The first kappa shape index (κ1) is 7.65. The van der Waals surface area contributed by atoms with Gasteiger partial charge in [-0.15, -0.1) is 0 Å². The van der Waals surface area contributed by atoms with Gasteiger partial charge >= 0.3 is 0 Å². The maximum Gasteiger partial charge on any atom is 0.225 e. The standard InChI is InChI=1S/C9H14N2O/c1-6-8(11-12-9(6)10)5-4-7-2-3-7/h7H,2-5,10H2,1H3. The topological polar surface area (TPSA) is 52.0 Å². The number of nitrogen functional groups attached to an aromatic ring is 1. The molecule has 12 heavy (non-hydrogen) atoms. The third-order valence-corrected chi connectivity index (χ3v) is 2.54. The highest BCUT2D eigenvalue weighted by Crippen LogP contribution is 2.33. The molecule has 3 nitrogen and oxygen atoms in total. The Labute approximate surface area is 71.9 Å². The molecule has 0 unspecified atom stereocenters. The third-order valence-electron chi connectivity index (χ3n) is 2.54. The lowest BCUT2D eigenvalue weighted by atomic mass is 10.1. The average molecular weight is 166 g/mol. The van der Waals surface area contributed by atoms with Crippen LogP contribution in [0.4, 0.5) is 5.88 Å². The van der Waals surface area contributed by atoms with Gasteiger partial charge in [-0.3, -0.25) is 0 Å². The Kier molecular flexibility index (Phi) is 1.79. The zero-order valence-corrected chi connectivity index (χ0v) is 7.34. The summed E-state index contributed by atoms with van der Waals surface area (Å²) in [4.78, 5) is 0. The van der Waals surface area contributed by atoms with Crippen molar-refractivity contribution in [3.63, 3.8) is 0 Å². The van der Waals surface area contributed by atoms with Crippen molar-refractivity contribution in [2.45, 2.75) is 32.6 Å². The number of anilines is 1. The maximum atomic E-state index is 5.53. The normalized spacial score (nSPS) is 16.8. The molecule has 66 valence electrons. The SMILES string of the molecule is Cc1c(CCC2CC2)noc1N. The fourth-order valence-corrected chi connectivity index (χ4v) is 1.36. The lowest BCUT2D eigenvalue weighted by Crippen LogP contribution is -1.90. The molecular weight excluding hydrogens is 152 g/mol. The average Bonchev–Trinajstić information content (AvgIpc) is 2.82. The number of aryl methyl sites for hydroxylation is 1. The van der Waals surface area contributed by atoms with Crippen molar-refractivity contribution in [1.29, 1.82) is 0 Å². The van der Waals surface area contributed by atoms with Crippen LogP contribution in [0, 0.1) is 12.8 Å². The lowest BCUT2D eigenvalue weighted by molar-refractivity contribution is 0.425. The summed E-state index contributed by atoms with van der Waals surface area (Å²) in [6, 6.07) is 0. The van der Waals surface area contributed by atoms with Crippen LogP contribution in [-0.4, -0.2) is 5.16 Å². The van der Waals surface area contributed by atoms with Gasteiger partial charge in [-0.1, -0.05) is 18.0 Å². The summed E-state index contributed by atoms with van der Waals surface area (Å²) in [5.41, 5.74) is 7.60. The Morgan fingerprint density at radius 1 is 1.58 bits per heavy atom. The van der Waals surface area contributed by atoms with Crippen molar-refractivity contribution in [3.8, 4) is 0 Å².